The van der Waals surface area contributed by atoms with Crippen molar-refractivity contribution in [2.24, 2.45) is 0 Å². The number of fused-ring (bicyclic) bond motifs is 3. The number of nitrogens with zero attached hydrogens (tertiary/aromatic N) is 2. The normalized spacial score (nSPS) is 10.7. The Morgan fingerprint density at radius 3 is 2.59 bits per heavy atom. The Bertz CT molecular complexity index is 1230. The van der Waals surface area contributed by atoms with E-state index in [2.05, 4.69) is 16.4 Å². The van der Waals surface area contributed by atoms with E-state index in [1.165, 1.54) is 0 Å². The first-order valence-electron chi connectivity index (χ1n) is 8.12. The molecule has 0 atom stereocenters. The van der Waals surface area contributed by atoms with Gasteiger partial charge in [-0.3, -0.25) is 4.98 Å². The molecule has 6 heteroatoms. The van der Waals surface area contributed by atoms with Gasteiger partial charge in [-0.1, -0.05) is 35.3 Å². The second-order valence-corrected chi connectivity index (χ2v) is 6.80. The molecule has 1 N–H and O–H groups in total. The molecule has 0 saturated heterocycles. The number of hydrogen-bond donors (Lipinski definition) is 1. The quantitative estimate of drug-likeness (QED) is 0.413. The summed E-state index contributed by atoms with van der Waals surface area (Å²) in [4.78, 5) is 4.52. The Labute approximate surface area is 165 Å². The van der Waals surface area contributed by atoms with Gasteiger partial charge in [0.2, 0.25) is 0 Å². The van der Waals surface area contributed by atoms with Crippen LogP contribution in [0.5, 0.6) is 5.75 Å². The number of anilines is 2. The fraction of sp³-hybridized carbons (Fsp3) is 0.0476. The summed E-state index contributed by atoms with van der Waals surface area (Å²) in [5.41, 5.74) is 2.55. The summed E-state index contributed by atoms with van der Waals surface area (Å²) >= 11 is 12.3. The Hall–Kier alpha value is -3.00. The van der Waals surface area contributed by atoms with Crippen LogP contribution in [-0.4, -0.2) is 12.1 Å². The molecular formula is C21H13Cl2N3O. The van der Waals surface area contributed by atoms with Crippen LogP contribution >= 0.6 is 23.2 Å². The number of pyridine rings is 1. The minimum absolute atomic E-state index is 0.432. The lowest BCUT2D eigenvalue weighted by Crippen LogP contribution is -1.98. The lowest BCUT2D eigenvalue weighted by molar-refractivity contribution is 0.415. The molecule has 0 aliphatic heterocycles. The second-order valence-electron chi connectivity index (χ2n) is 5.96. The first-order chi connectivity index (χ1) is 13.1. The number of rotatable bonds is 3. The van der Waals surface area contributed by atoms with Gasteiger partial charge in [-0.25, -0.2) is 0 Å². The lowest BCUT2D eigenvalue weighted by atomic mass is 10.0. The van der Waals surface area contributed by atoms with Crippen LogP contribution in [0.25, 0.3) is 21.7 Å². The zero-order valence-electron chi connectivity index (χ0n) is 14.3. The van der Waals surface area contributed by atoms with Crippen molar-refractivity contribution >= 4 is 56.3 Å². The zero-order chi connectivity index (χ0) is 19.0. The van der Waals surface area contributed by atoms with Gasteiger partial charge in [0.1, 0.15) is 11.8 Å². The molecule has 4 aromatic rings. The third-order valence-electron chi connectivity index (χ3n) is 4.37. The highest BCUT2D eigenvalue weighted by atomic mass is 35.5. The average molecular weight is 394 g/mol. The molecular weight excluding hydrogens is 381 g/mol. The van der Waals surface area contributed by atoms with Crippen molar-refractivity contribution in [2.45, 2.75) is 0 Å². The fourth-order valence-corrected chi connectivity index (χ4v) is 3.50. The summed E-state index contributed by atoms with van der Waals surface area (Å²) < 4.78 is 5.30. The van der Waals surface area contributed by atoms with Crippen molar-refractivity contribution in [3.63, 3.8) is 0 Å². The van der Waals surface area contributed by atoms with E-state index >= 15 is 0 Å². The van der Waals surface area contributed by atoms with Gasteiger partial charge in [-0.05, 0) is 41.8 Å². The molecule has 0 radical (unpaired) electrons. The van der Waals surface area contributed by atoms with E-state index in [-0.39, 0.29) is 0 Å². The highest BCUT2D eigenvalue weighted by molar-refractivity contribution is 6.36. The van der Waals surface area contributed by atoms with Crippen molar-refractivity contribution in [2.75, 3.05) is 12.4 Å². The largest absolute Gasteiger partial charge is 0.497 e. The number of nitriles is 1. The topological polar surface area (TPSA) is 57.9 Å². The molecule has 3 aromatic carbocycles. The van der Waals surface area contributed by atoms with Crippen molar-refractivity contribution in [1.29, 1.82) is 5.26 Å². The summed E-state index contributed by atoms with van der Waals surface area (Å²) in [6.45, 7) is 0. The van der Waals surface area contributed by atoms with Crippen LogP contribution in [0.1, 0.15) is 5.56 Å². The van der Waals surface area contributed by atoms with Gasteiger partial charge in [0.15, 0.2) is 0 Å². The number of ether oxygens (including phenoxy) is 1. The Morgan fingerprint density at radius 2 is 1.85 bits per heavy atom. The van der Waals surface area contributed by atoms with Crippen LogP contribution in [0.4, 0.5) is 11.4 Å². The monoisotopic (exact) mass is 393 g/mol. The molecule has 0 spiro atoms. The summed E-state index contributed by atoms with van der Waals surface area (Å²) in [5.74, 6) is 0.779. The van der Waals surface area contributed by atoms with Gasteiger partial charge in [-0.15, -0.1) is 0 Å². The van der Waals surface area contributed by atoms with Gasteiger partial charge in [-0.2, -0.15) is 5.26 Å². The number of aromatic nitrogens is 1. The van der Waals surface area contributed by atoms with Gasteiger partial charge in [0.25, 0.3) is 0 Å². The molecule has 0 amide bonds. The number of benzene rings is 3. The van der Waals surface area contributed by atoms with E-state index in [1.54, 1.807) is 31.5 Å². The molecule has 132 valence electrons. The maximum atomic E-state index is 9.55. The summed E-state index contributed by atoms with van der Waals surface area (Å²) in [7, 11) is 1.64. The fourth-order valence-electron chi connectivity index (χ4n) is 3.04. The molecule has 0 saturated carbocycles. The number of hydrogen-bond acceptors (Lipinski definition) is 4. The Morgan fingerprint density at radius 1 is 1.04 bits per heavy atom. The minimum atomic E-state index is 0.432. The van der Waals surface area contributed by atoms with Crippen LogP contribution in [0, 0.1) is 11.3 Å². The molecule has 0 unspecified atom stereocenters. The maximum Gasteiger partial charge on any atom is 0.119 e. The van der Waals surface area contributed by atoms with Crippen molar-refractivity contribution in [3.8, 4) is 11.8 Å². The SMILES string of the molecule is COc1ccc2c(ccc3c(Nc4ccc(Cl)cc4Cl)c(C#N)cnc32)c1. The van der Waals surface area contributed by atoms with E-state index in [1.807, 2.05) is 30.3 Å². The third kappa shape index (κ3) is 3.12. The Balaban J connectivity index is 1.95. The van der Waals surface area contributed by atoms with E-state index < -0.39 is 0 Å². The van der Waals surface area contributed by atoms with Crippen LogP contribution in [-0.2, 0) is 0 Å². The number of methoxy groups -OCH3 is 1. The molecule has 0 aliphatic carbocycles. The van der Waals surface area contributed by atoms with Gasteiger partial charge >= 0.3 is 0 Å². The van der Waals surface area contributed by atoms with Crippen LogP contribution in [0.3, 0.4) is 0 Å². The van der Waals surface area contributed by atoms with Crippen LogP contribution in [0.15, 0.2) is 54.7 Å². The molecule has 0 fully saturated rings. The van der Waals surface area contributed by atoms with E-state index in [0.29, 0.717) is 27.0 Å². The highest BCUT2D eigenvalue weighted by Crippen LogP contribution is 2.36. The molecule has 0 aliphatic rings. The number of nitrogens with one attached hydrogen (secondary N) is 1. The first-order valence-corrected chi connectivity index (χ1v) is 8.88. The summed E-state index contributed by atoms with van der Waals surface area (Å²) in [6.07, 6.45) is 1.57. The third-order valence-corrected chi connectivity index (χ3v) is 4.92. The molecule has 1 aromatic heterocycles. The smallest absolute Gasteiger partial charge is 0.119 e. The Kier molecular flexibility index (Phi) is 4.49. The van der Waals surface area contributed by atoms with E-state index in [4.69, 9.17) is 27.9 Å². The molecule has 1 heterocycles. The zero-order valence-corrected chi connectivity index (χ0v) is 15.8. The van der Waals surface area contributed by atoms with Crippen LogP contribution < -0.4 is 10.1 Å². The standard InChI is InChI=1S/C21H13Cl2N3O/c1-27-15-4-6-16-12(8-15)2-5-17-20(13(10-24)11-25-21(16)17)26-19-7-3-14(22)9-18(19)23/h2-9,11H,1H3,(H,25,26). The number of halogens is 2. The van der Waals surface area contributed by atoms with E-state index in [9.17, 15) is 5.26 Å². The minimum Gasteiger partial charge on any atom is -0.497 e. The van der Waals surface area contributed by atoms with Crippen molar-refractivity contribution in [1.82, 2.24) is 4.98 Å². The second kappa shape index (κ2) is 6.96. The van der Waals surface area contributed by atoms with Gasteiger partial charge < -0.3 is 10.1 Å². The summed E-state index contributed by atoms with van der Waals surface area (Å²) in [5, 5.41) is 16.7. The molecule has 0 bridgehead atoms. The van der Waals surface area contributed by atoms with Crippen molar-refractivity contribution in [3.05, 3.63) is 70.3 Å². The molecule has 4 nitrogen and oxygen atoms in total. The van der Waals surface area contributed by atoms with Crippen LogP contribution in [0.2, 0.25) is 10.0 Å². The maximum absolute atomic E-state index is 9.55. The van der Waals surface area contributed by atoms with Gasteiger partial charge in [0, 0.05) is 22.0 Å². The molecule has 27 heavy (non-hydrogen) atoms. The predicted octanol–water partition coefficient (Wildman–Crippen LogP) is 6.32. The predicted molar refractivity (Wildman–Crippen MR) is 110 cm³/mol. The van der Waals surface area contributed by atoms with E-state index in [0.717, 1.165) is 27.4 Å². The average Bonchev–Trinajstić information content (AvgIpc) is 2.69. The molecule has 4 rings (SSSR count). The van der Waals surface area contributed by atoms with Crippen molar-refractivity contribution < 1.29 is 4.74 Å². The lowest BCUT2D eigenvalue weighted by Gasteiger charge is -2.14. The first kappa shape index (κ1) is 17.4. The summed E-state index contributed by atoms with van der Waals surface area (Å²) in [6, 6.07) is 17.1. The van der Waals surface area contributed by atoms with Gasteiger partial charge in [0.05, 0.1) is 34.6 Å². The highest BCUT2D eigenvalue weighted by Gasteiger charge is 2.13.